The molecule has 4 nitrogen and oxygen atoms in total. The van der Waals surface area contributed by atoms with Crippen molar-refractivity contribution in [1.82, 2.24) is 4.98 Å². The summed E-state index contributed by atoms with van der Waals surface area (Å²) in [6.07, 6.45) is 1.73. The number of nitrogens with zero attached hydrogens (tertiary/aromatic N) is 1. The van der Waals surface area contributed by atoms with Crippen molar-refractivity contribution < 1.29 is 9.90 Å². The number of fused-ring (bicyclic) bond motifs is 2. The number of carbonyl (C=O) groups is 1. The molecule has 5 rings (SSSR count). The third-order valence-corrected chi connectivity index (χ3v) is 5.04. The number of aromatic nitrogens is 1. The second-order valence-electron chi connectivity index (χ2n) is 6.45. The number of rotatable bonds is 2. The maximum atomic E-state index is 13.5. The van der Waals surface area contributed by atoms with E-state index in [0.717, 1.165) is 16.6 Å². The molecule has 0 fully saturated rings. The van der Waals surface area contributed by atoms with Gasteiger partial charge in [-0.25, -0.2) is 0 Å². The van der Waals surface area contributed by atoms with Crippen LogP contribution in [0.1, 0.15) is 11.1 Å². The molecule has 26 heavy (non-hydrogen) atoms. The number of aromatic amines is 1. The van der Waals surface area contributed by atoms with Crippen LogP contribution in [0, 0.1) is 0 Å². The number of aliphatic hydroxyl groups is 1. The molecule has 4 heteroatoms. The summed E-state index contributed by atoms with van der Waals surface area (Å²) >= 11 is 0. The average Bonchev–Trinajstić information content (AvgIpc) is 3.22. The van der Waals surface area contributed by atoms with E-state index in [-0.39, 0.29) is 5.91 Å². The molecule has 0 spiro atoms. The molecule has 0 radical (unpaired) electrons. The zero-order valence-electron chi connectivity index (χ0n) is 13.9. The fourth-order valence-electron chi connectivity index (χ4n) is 3.83. The van der Waals surface area contributed by atoms with E-state index in [2.05, 4.69) is 4.98 Å². The lowest BCUT2D eigenvalue weighted by Gasteiger charge is -2.23. The Morgan fingerprint density at radius 3 is 2.35 bits per heavy atom. The van der Waals surface area contributed by atoms with E-state index in [1.807, 2.05) is 78.9 Å². The van der Waals surface area contributed by atoms with Crippen molar-refractivity contribution in [3.05, 3.63) is 96.2 Å². The lowest BCUT2D eigenvalue weighted by Crippen LogP contribution is -2.39. The lowest BCUT2D eigenvalue weighted by atomic mass is 9.87. The molecule has 0 saturated carbocycles. The second kappa shape index (κ2) is 5.31. The van der Waals surface area contributed by atoms with Crippen LogP contribution in [0.4, 0.5) is 11.4 Å². The fraction of sp³-hybridized carbons (Fsp3) is 0.0455. The topological polar surface area (TPSA) is 56.3 Å². The van der Waals surface area contributed by atoms with Crippen LogP contribution < -0.4 is 4.90 Å². The number of benzene rings is 3. The predicted molar refractivity (Wildman–Crippen MR) is 101 cm³/mol. The van der Waals surface area contributed by atoms with Gasteiger partial charge in [0, 0.05) is 33.9 Å². The first-order chi connectivity index (χ1) is 12.7. The molecule has 3 aromatic carbocycles. The van der Waals surface area contributed by atoms with Gasteiger partial charge in [0.05, 0.1) is 5.69 Å². The average molecular weight is 340 g/mol. The number of amides is 1. The molecule has 0 saturated heterocycles. The number of anilines is 2. The number of H-pyrrole nitrogens is 1. The highest BCUT2D eigenvalue weighted by molar-refractivity contribution is 6.15. The van der Waals surface area contributed by atoms with E-state index >= 15 is 0 Å². The van der Waals surface area contributed by atoms with Gasteiger partial charge < -0.3 is 10.1 Å². The summed E-state index contributed by atoms with van der Waals surface area (Å²) in [7, 11) is 0. The van der Waals surface area contributed by atoms with Crippen LogP contribution in [0.25, 0.3) is 10.9 Å². The highest BCUT2D eigenvalue weighted by atomic mass is 16.3. The molecule has 2 N–H and O–H groups in total. The molecule has 1 aromatic heterocycles. The van der Waals surface area contributed by atoms with Crippen molar-refractivity contribution in [2.75, 3.05) is 4.90 Å². The fourth-order valence-corrected chi connectivity index (χ4v) is 3.83. The minimum absolute atomic E-state index is 0.366. The molecule has 126 valence electrons. The maximum Gasteiger partial charge on any atom is 0.273 e. The van der Waals surface area contributed by atoms with Crippen LogP contribution >= 0.6 is 0 Å². The van der Waals surface area contributed by atoms with E-state index in [1.165, 1.54) is 0 Å². The molecule has 1 aliphatic rings. The monoisotopic (exact) mass is 340 g/mol. The Kier molecular flexibility index (Phi) is 3.05. The van der Waals surface area contributed by atoms with Crippen molar-refractivity contribution in [2.24, 2.45) is 0 Å². The first kappa shape index (κ1) is 14.9. The zero-order chi connectivity index (χ0) is 17.7. The number of para-hydroxylation sites is 3. The quantitative estimate of drug-likeness (QED) is 0.578. The van der Waals surface area contributed by atoms with Crippen molar-refractivity contribution in [1.29, 1.82) is 0 Å². The minimum Gasteiger partial charge on any atom is -0.372 e. The summed E-state index contributed by atoms with van der Waals surface area (Å²) in [5.41, 5.74) is 1.77. The molecule has 0 bridgehead atoms. The summed E-state index contributed by atoms with van der Waals surface area (Å²) < 4.78 is 0. The summed E-state index contributed by atoms with van der Waals surface area (Å²) in [5, 5.41) is 12.5. The smallest absolute Gasteiger partial charge is 0.273 e. The highest BCUT2D eigenvalue weighted by Gasteiger charge is 2.52. The highest BCUT2D eigenvalue weighted by Crippen LogP contribution is 2.48. The van der Waals surface area contributed by atoms with Crippen LogP contribution in [0.3, 0.4) is 0 Å². The Balaban J connectivity index is 1.79. The molecule has 1 amide bonds. The van der Waals surface area contributed by atoms with Gasteiger partial charge in [-0.2, -0.15) is 0 Å². The van der Waals surface area contributed by atoms with E-state index < -0.39 is 5.60 Å². The van der Waals surface area contributed by atoms with Gasteiger partial charge in [-0.05, 0) is 24.3 Å². The van der Waals surface area contributed by atoms with Crippen molar-refractivity contribution in [3.8, 4) is 0 Å². The van der Waals surface area contributed by atoms with E-state index in [1.54, 1.807) is 11.1 Å². The summed E-state index contributed by atoms with van der Waals surface area (Å²) in [6.45, 7) is 0. The Morgan fingerprint density at radius 1 is 0.808 bits per heavy atom. The molecule has 4 aromatic rings. The van der Waals surface area contributed by atoms with Crippen LogP contribution in [-0.2, 0) is 10.4 Å². The minimum atomic E-state index is -1.73. The van der Waals surface area contributed by atoms with E-state index in [0.29, 0.717) is 16.8 Å². The van der Waals surface area contributed by atoms with Crippen molar-refractivity contribution >= 4 is 28.2 Å². The van der Waals surface area contributed by atoms with Crippen molar-refractivity contribution in [2.45, 2.75) is 5.60 Å². The lowest BCUT2D eigenvalue weighted by molar-refractivity contribution is -0.131. The SMILES string of the molecule is O=C1N(c2ccccc2)c2ccccc2C1(O)c1c[nH]c2ccccc12. The number of hydrogen-bond acceptors (Lipinski definition) is 2. The number of carbonyl (C=O) groups excluding carboxylic acids is 1. The normalized spacial score (nSPS) is 19.1. The standard InChI is InChI=1S/C22H16N2O2/c25-21-22(26,18-14-23-19-12-6-4-10-16(18)19)17-11-5-7-13-20(17)24(21)15-8-2-1-3-9-15/h1-14,23,26H. The van der Waals surface area contributed by atoms with Gasteiger partial charge in [0.2, 0.25) is 0 Å². The Morgan fingerprint density at radius 2 is 1.50 bits per heavy atom. The van der Waals surface area contributed by atoms with E-state index in [4.69, 9.17) is 0 Å². The first-order valence-corrected chi connectivity index (χ1v) is 8.49. The van der Waals surface area contributed by atoms with Crippen LogP contribution in [0.2, 0.25) is 0 Å². The third-order valence-electron chi connectivity index (χ3n) is 5.04. The second-order valence-corrected chi connectivity index (χ2v) is 6.45. The van der Waals surface area contributed by atoms with Crippen molar-refractivity contribution in [3.63, 3.8) is 0 Å². The summed E-state index contributed by atoms with van der Waals surface area (Å²) in [4.78, 5) is 18.2. The summed E-state index contributed by atoms with van der Waals surface area (Å²) in [5.74, 6) is -0.366. The van der Waals surface area contributed by atoms with Gasteiger partial charge in [0.25, 0.3) is 5.91 Å². The first-order valence-electron chi connectivity index (χ1n) is 8.49. The van der Waals surface area contributed by atoms with Gasteiger partial charge in [-0.1, -0.05) is 54.6 Å². The van der Waals surface area contributed by atoms with Crippen LogP contribution in [0.15, 0.2) is 85.1 Å². The van der Waals surface area contributed by atoms with Gasteiger partial charge in [-0.15, -0.1) is 0 Å². The largest absolute Gasteiger partial charge is 0.372 e. The van der Waals surface area contributed by atoms with Crippen LogP contribution in [0.5, 0.6) is 0 Å². The molecular weight excluding hydrogens is 324 g/mol. The van der Waals surface area contributed by atoms with Gasteiger partial charge in [0.1, 0.15) is 0 Å². The maximum absolute atomic E-state index is 13.5. The molecule has 1 aliphatic heterocycles. The number of nitrogens with one attached hydrogen (secondary N) is 1. The third kappa shape index (κ3) is 1.85. The van der Waals surface area contributed by atoms with E-state index in [9.17, 15) is 9.90 Å². The van der Waals surface area contributed by atoms with Gasteiger partial charge >= 0.3 is 0 Å². The molecular formula is C22H16N2O2. The molecule has 2 heterocycles. The Hall–Kier alpha value is -3.37. The Bertz CT molecular complexity index is 1130. The molecule has 1 atom stereocenters. The van der Waals surface area contributed by atoms with Crippen LogP contribution in [-0.4, -0.2) is 16.0 Å². The van der Waals surface area contributed by atoms with Gasteiger partial charge in [0.15, 0.2) is 5.60 Å². The zero-order valence-corrected chi connectivity index (χ0v) is 13.9. The molecule has 1 unspecified atom stereocenters. The number of hydrogen-bond donors (Lipinski definition) is 2. The molecule has 0 aliphatic carbocycles. The van der Waals surface area contributed by atoms with Gasteiger partial charge in [-0.3, -0.25) is 9.69 Å². The predicted octanol–water partition coefficient (Wildman–Crippen LogP) is 4.08. The summed E-state index contributed by atoms with van der Waals surface area (Å²) in [6, 6.07) is 24.5. The Labute approximate surface area is 150 Å².